The summed E-state index contributed by atoms with van der Waals surface area (Å²) in [4.78, 5) is 7.83. The van der Waals surface area contributed by atoms with Gasteiger partial charge in [-0.3, -0.25) is 14.7 Å². The van der Waals surface area contributed by atoms with Gasteiger partial charge in [-0.05, 0) is 44.4 Å². The smallest absolute Gasteiger partial charge is 0.0991 e. The molecule has 2 heterocycles. The lowest BCUT2D eigenvalue weighted by Crippen LogP contribution is -2.48. The molecule has 0 saturated carbocycles. The SMILES string of the molecule is CC1CCC(C)N1CCN1CCN(Cc2ccc(C#N)cc2)CC1. The van der Waals surface area contributed by atoms with Crippen molar-refractivity contribution < 1.29 is 0 Å². The Labute approximate surface area is 146 Å². The maximum Gasteiger partial charge on any atom is 0.0991 e. The summed E-state index contributed by atoms with van der Waals surface area (Å²) in [5.74, 6) is 0. The third-order valence-electron chi connectivity index (χ3n) is 5.76. The molecule has 1 aromatic rings. The molecule has 1 aromatic carbocycles. The van der Waals surface area contributed by atoms with Crippen molar-refractivity contribution in [3.63, 3.8) is 0 Å². The fourth-order valence-corrected chi connectivity index (χ4v) is 4.06. The summed E-state index contributed by atoms with van der Waals surface area (Å²) in [6, 6.07) is 11.7. The molecule has 130 valence electrons. The predicted molar refractivity (Wildman–Crippen MR) is 97.7 cm³/mol. The van der Waals surface area contributed by atoms with E-state index in [1.807, 2.05) is 12.1 Å². The number of nitrogens with zero attached hydrogens (tertiary/aromatic N) is 4. The van der Waals surface area contributed by atoms with Gasteiger partial charge in [0.2, 0.25) is 0 Å². The van der Waals surface area contributed by atoms with Crippen molar-refractivity contribution in [1.82, 2.24) is 14.7 Å². The number of rotatable bonds is 5. The van der Waals surface area contributed by atoms with Gasteiger partial charge in [0.15, 0.2) is 0 Å². The summed E-state index contributed by atoms with van der Waals surface area (Å²) < 4.78 is 0. The Hall–Kier alpha value is -1.41. The van der Waals surface area contributed by atoms with Crippen LogP contribution in [0.25, 0.3) is 0 Å². The maximum absolute atomic E-state index is 8.87. The van der Waals surface area contributed by atoms with Crippen molar-refractivity contribution in [2.24, 2.45) is 0 Å². The molecule has 24 heavy (non-hydrogen) atoms. The monoisotopic (exact) mass is 326 g/mol. The Morgan fingerprint density at radius 1 is 0.917 bits per heavy atom. The number of hydrogen-bond acceptors (Lipinski definition) is 4. The van der Waals surface area contributed by atoms with Gasteiger partial charge in [0.25, 0.3) is 0 Å². The highest BCUT2D eigenvalue weighted by Crippen LogP contribution is 2.23. The van der Waals surface area contributed by atoms with Crippen molar-refractivity contribution in [3.8, 4) is 6.07 Å². The third-order valence-corrected chi connectivity index (χ3v) is 5.76. The number of nitriles is 1. The first kappa shape index (κ1) is 17.4. The zero-order valence-electron chi connectivity index (χ0n) is 15.1. The quantitative estimate of drug-likeness (QED) is 0.833. The molecular formula is C20H30N4. The average Bonchev–Trinajstić information content (AvgIpc) is 2.93. The molecule has 2 fully saturated rings. The van der Waals surface area contributed by atoms with Gasteiger partial charge in [-0.2, -0.15) is 5.26 Å². The zero-order valence-corrected chi connectivity index (χ0v) is 15.1. The first-order valence-corrected chi connectivity index (χ1v) is 9.35. The Morgan fingerprint density at radius 3 is 2.08 bits per heavy atom. The summed E-state index contributed by atoms with van der Waals surface area (Å²) >= 11 is 0. The molecule has 4 heteroatoms. The number of hydrogen-bond donors (Lipinski definition) is 0. The van der Waals surface area contributed by atoms with E-state index >= 15 is 0 Å². The Morgan fingerprint density at radius 2 is 1.50 bits per heavy atom. The lowest BCUT2D eigenvalue weighted by atomic mass is 10.1. The molecule has 0 N–H and O–H groups in total. The van der Waals surface area contributed by atoms with E-state index in [0.29, 0.717) is 0 Å². The van der Waals surface area contributed by atoms with Crippen molar-refractivity contribution >= 4 is 0 Å². The van der Waals surface area contributed by atoms with Crippen LogP contribution in [0, 0.1) is 11.3 Å². The minimum atomic E-state index is 0.744. The summed E-state index contributed by atoms with van der Waals surface area (Å²) in [5.41, 5.74) is 2.05. The molecule has 2 saturated heterocycles. The molecule has 4 nitrogen and oxygen atoms in total. The van der Waals surface area contributed by atoms with Gasteiger partial charge >= 0.3 is 0 Å². The largest absolute Gasteiger partial charge is 0.300 e. The van der Waals surface area contributed by atoms with Gasteiger partial charge < -0.3 is 0 Å². The summed E-state index contributed by atoms with van der Waals surface area (Å²) in [7, 11) is 0. The molecule has 3 rings (SSSR count). The molecule has 0 aliphatic carbocycles. The molecule has 2 aliphatic rings. The summed E-state index contributed by atoms with van der Waals surface area (Å²) in [6.07, 6.45) is 2.72. The normalized spacial score (nSPS) is 26.5. The van der Waals surface area contributed by atoms with Crippen molar-refractivity contribution in [2.45, 2.75) is 45.3 Å². The fourth-order valence-electron chi connectivity index (χ4n) is 4.06. The highest BCUT2D eigenvalue weighted by atomic mass is 15.3. The standard InChI is InChI=1S/C20H30N4/c1-17-3-4-18(2)24(17)14-13-22-9-11-23(12-10-22)16-20-7-5-19(15-21)6-8-20/h5-8,17-18H,3-4,9-14,16H2,1-2H3. The molecule has 0 radical (unpaired) electrons. The van der Waals surface area contributed by atoms with Crippen LogP contribution in [-0.2, 0) is 6.54 Å². The van der Waals surface area contributed by atoms with Crippen LogP contribution in [0.2, 0.25) is 0 Å². The topological polar surface area (TPSA) is 33.5 Å². The molecular weight excluding hydrogens is 296 g/mol. The van der Waals surface area contributed by atoms with Crippen LogP contribution < -0.4 is 0 Å². The van der Waals surface area contributed by atoms with E-state index in [4.69, 9.17) is 5.26 Å². The van der Waals surface area contributed by atoms with Crippen LogP contribution in [0.3, 0.4) is 0 Å². The van der Waals surface area contributed by atoms with Gasteiger partial charge in [-0.15, -0.1) is 0 Å². The maximum atomic E-state index is 8.87. The fraction of sp³-hybridized carbons (Fsp3) is 0.650. The minimum Gasteiger partial charge on any atom is -0.300 e. The lowest BCUT2D eigenvalue weighted by Gasteiger charge is -2.36. The molecule has 2 aliphatic heterocycles. The van der Waals surface area contributed by atoms with E-state index in [0.717, 1.165) is 37.3 Å². The van der Waals surface area contributed by atoms with E-state index in [-0.39, 0.29) is 0 Å². The van der Waals surface area contributed by atoms with Gasteiger partial charge in [-0.25, -0.2) is 0 Å². The van der Waals surface area contributed by atoms with Crippen molar-refractivity contribution in [2.75, 3.05) is 39.3 Å². The van der Waals surface area contributed by atoms with Gasteiger partial charge in [0, 0.05) is 57.9 Å². The van der Waals surface area contributed by atoms with E-state index in [2.05, 4.69) is 46.7 Å². The second kappa shape index (κ2) is 8.11. The second-order valence-electron chi connectivity index (χ2n) is 7.44. The first-order valence-electron chi connectivity index (χ1n) is 9.35. The molecule has 0 spiro atoms. The van der Waals surface area contributed by atoms with E-state index in [1.54, 1.807) is 0 Å². The summed E-state index contributed by atoms with van der Waals surface area (Å²) in [6.45, 7) is 12.8. The van der Waals surface area contributed by atoms with Crippen LogP contribution in [0.5, 0.6) is 0 Å². The molecule has 0 aromatic heterocycles. The number of benzene rings is 1. The van der Waals surface area contributed by atoms with Gasteiger partial charge in [-0.1, -0.05) is 12.1 Å². The van der Waals surface area contributed by atoms with Crippen LogP contribution in [0.15, 0.2) is 24.3 Å². The molecule has 2 unspecified atom stereocenters. The molecule has 0 amide bonds. The Bertz CT molecular complexity index is 544. The number of likely N-dealkylation sites (tertiary alicyclic amines) is 1. The molecule has 2 atom stereocenters. The molecule has 0 bridgehead atoms. The van der Waals surface area contributed by atoms with E-state index in [1.165, 1.54) is 44.6 Å². The van der Waals surface area contributed by atoms with Crippen molar-refractivity contribution in [3.05, 3.63) is 35.4 Å². The lowest BCUT2D eigenvalue weighted by molar-refractivity contribution is 0.106. The Kier molecular flexibility index (Phi) is 5.89. The predicted octanol–water partition coefficient (Wildman–Crippen LogP) is 2.55. The minimum absolute atomic E-state index is 0.744. The van der Waals surface area contributed by atoms with Crippen LogP contribution in [0.4, 0.5) is 0 Å². The average molecular weight is 326 g/mol. The van der Waals surface area contributed by atoms with Crippen molar-refractivity contribution in [1.29, 1.82) is 5.26 Å². The van der Waals surface area contributed by atoms with Crippen LogP contribution in [-0.4, -0.2) is 66.1 Å². The number of piperazine rings is 1. The highest BCUT2D eigenvalue weighted by Gasteiger charge is 2.27. The van der Waals surface area contributed by atoms with Crippen LogP contribution in [0.1, 0.15) is 37.8 Å². The second-order valence-corrected chi connectivity index (χ2v) is 7.44. The van der Waals surface area contributed by atoms with Gasteiger partial charge in [0.1, 0.15) is 0 Å². The summed E-state index contributed by atoms with van der Waals surface area (Å²) in [5, 5.41) is 8.87. The zero-order chi connectivity index (χ0) is 16.9. The first-order chi connectivity index (χ1) is 11.7. The highest BCUT2D eigenvalue weighted by molar-refractivity contribution is 5.31. The van der Waals surface area contributed by atoms with Gasteiger partial charge in [0.05, 0.1) is 11.6 Å². The van der Waals surface area contributed by atoms with E-state index < -0.39 is 0 Å². The van der Waals surface area contributed by atoms with Crippen LogP contribution >= 0.6 is 0 Å². The third kappa shape index (κ3) is 4.36. The Balaban J connectivity index is 1.40. The van der Waals surface area contributed by atoms with E-state index in [9.17, 15) is 0 Å².